The maximum atomic E-state index is 5.12. The van der Waals surface area contributed by atoms with Crippen molar-refractivity contribution in [2.45, 2.75) is 26.2 Å². The molecule has 0 aromatic heterocycles. The molecule has 1 aliphatic rings. The van der Waals surface area contributed by atoms with Crippen LogP contribution in [-0.4, -0.2) is 6.61 Å². The first-order chi connectivity index (χ1) is 4.84. The molecule has 0 N–H and O–H groups in total. The molecule has 1 heteroatoms. The summed E-state index contributed by atoms with van der Waals surface area (Å²) >= 11 is 0. The van der Waals surface area contributed by atoms with Crippen molar-refractivity contribution in [1.29, 1.82) is 0 Å². The second-order valence-corrected chi connectivity index (χ2v) is 3.17. The second kappa shape index (κ2) is 3.65. The summed E-state index contributed by atoms with van der Waals surface area (Å²) in [4.78, 5) is 0. The lowest BCUT2D eigenvalue weighted by Crippen LogP contribution is -2.22. The first-order valence-corrected chi connectivity index (χ1v) is 4.07. The van der Waals surface area contributed by atoms with E-state index in [-0.39, 0.29) is 0 Å². The van der Waals surface area contributed by atoms with Crippen molar-refractivity contribution in [3.05, 3.63) is 12.8 Å². The minimum Gasteiger partial charge on any atom is -0.502 e. The van der Waals surface area contributed by atoms with Gasteiger partial charge >= 0.3 is 0 Å². The van der Waals surface area contributed by atoms with Crippen LogP contribution in [0.1, 0.15) is 26.2 Å². The van der Waals surface area contributed by atoms with E-state index < -0.39 is 0 Å². The van der Waals surface area contributed by atoms with E-state index in [1.165, 1.54) is 25.5 Å². The van der Waals surface area contributed by atoms with Gasteiger partial charge in [-0.3, -0.25) is 0 Å². The zero-order valence-electron chi connectivity index (χ0n) is 6.68. The molecule has 1 fully saturated rings. The summed E-state index contributed by atoms with van der Waals surface area (Å²) in [6.45, 7) is 6.63. The third-order valence-corrected chi connectivity index (χ3v) is 2.43. The molecule has 0 bridgehead atoms. The molecule has 0 amide bonds. The topological polar surface area (TPSA) is 9.23 Å². The monoisotopic (exact) mass is 140 g/mol. The van der Waals surface area contributed by atoms with Crippen molar-refractivity contribution < 1.29 is 4.74 Å². The number of hydrogen-bond donors (Lipinski definition) is 0. The number of hydrogen-bond acceptors (Lipinski definition) is 1. The van der Waals surface area contributed by atoms with Crippen LogP contribution in [0.5, 0.6) is 0 Å². The highest BCUT2D eigenvalue weighted by Gasteiger charge is 2.23. The highest BCUT2D eigenvalue weighted by molar-refractivity contribution is 4.74. The SMILES string of the molecule is C=COCC(C)C1CCC1. The van der Waals surface area contributed by atoms with Gasteiger partial charge in [0.05, 0.1) is 12.9 Å². The highest BCUT2D eigenvalue weighted by atomic mass is 16.5. The standard InChI is InChI=1S/C9H16O/c1-3-10-7-8(2)9-5-4-6-9/h3,8-9H,1,4-7H2,2H3. The largest absolute Gasteiger partial charge is 0.502 e. The number of ether oxygens (including phenoxy) is 1. The fourth-order valence-corrected chi connectivity index (χ4v) is 1.36. The van der Waals surface area contributed by atoms with Crippen molar-refractivity contribution >= 4 is 0 Å². The van der Waals surface area contributed by atoms with Gasteiger partial charge in [0, 0.05) is 0 Å². The van der Waals surface area contributed by atoms with E-state index in [4.69, 9.17) is 4.74 Å². The molecule has 0 aromatic carbocycles. The van der Waals surface area contributed by atoms with Crippen LogP contribution in [-0.2, 0) is 4.74 Å². The van der Waals surface area contributed by atoms with Crippen LogP contribution in [0.4, 0.5) is 0 Å². The fraction of sp³-hybridized carbons (Fsp3) is 0.778. The van der Waals surface area contributed by atoms with Crippen molar-refractivity contribution in [2.75, 3.05) is 6.61 Å². The first kappa shape index (κ1) is 7.64. The highest BCUT2D eigenvalue weighted by Crippen LogP contribution is 2.33. The van der Waals surface area contributed by atoms with Crippen molar-refractivity contribution in [1.82, 2.24) is 0 Å². The Bertz CT molecular complexity index is 105. The van der Waals surface area contributed by atoms with Gasteiger partial charge in [0.15, 0.2) is 0 Å². The van der Waals surface area contributed by atoms with E-state index in [1.807, 2.05) is 0 Å². The Labute approximate surface area is 63.1 Å². The minimum absolute atomic E-state index is 0.728. The molecule has 0 saturated heterocycles. The summed E-state index contributed by atoms with van der Waals surface area (Å²) in [6, 6.07) is 0. The van der Waals surface area contributed by atoms with Gasteiger partial charge in [-0.1, -0.05) is 32.8 Å². The Morgan fingerprint density at radius 2 is 2.40 bits per heavy atom. The molecule has 1 rings (SSSR count). The van der Waals surface area contributed by atoms with Crippen LogP contribution in [0.2, 0.25) is 0 Å². The van der Waals surface area contributed by atoms with E-state index in [1.54, 1.807) is 0 Å². The average Bonchev–Trinajstić information content (AvgIpc) is 1.79. The maximum Gasteiger partial charge on any atom is 0.0901 e. The molecule has 1 aliphatic carbocycles. The zero-order valence-corrected chi connectivity index (χ0v) is 6.68. The van der Waals surface area contributed by atoms with Gasteiger partial charge in [0.1, 0.15) is 0 Å². The Kier molecular flexibility index (Phi) is 2.79. The lowest BCUT2D eigenvalue weighted by molar-refractivity contribution is 0.123. The summed E-state index contributed by atoms with van der Waals surface area (Å²) in [5, 5.41) is 0. The minimum atomic E-state index is 0.728. The van der Waals surface area contributed by atoms with Crippen molar-refractivity contribution in [3.8, 4) is 0 Å². The third kappa shape index (κ3) is 1.76. The normalized spacial score (nSPS) is 21.3. The van der Waals surface area contributed by atoms with Crippen LogP contribution in [0.3, 0.4) is 0 Å². The summed E-state index contributed by atoms with van der Waals surface area (Å²) in [5.41, 5.74) is 0. The number of rotatable bonds is 4. The van der Waals surface area contributed by atoms with Crippen LogP contribution in [0, 0.1) is 11.8 Å². The average molecular weight is 140 g/mol. The lowest BCUT2D eigenvalue weighted by atomic mass is 9.77. The molecule has 0 aliphatic heterocycles. The van der Waals surface area contributed by atoms with Gasteiger partial charge in [-0.15, -0.1) is 0 Å². The maximum absolute atomic E-state index is 5.12. The molecule has 0 radical (unpaired) electrons. The molecule has 1 saturated carbocycles. The predicted octanol–water partition coefficient (Wildman–Crippen LogP) is 2.58. The molecule has 1 atom stereocenters. The van der Waals surface area contributed by atoms with Crippen LogP contribution in [0.25, 0.3) is 0 Å². The predicted molar refractivity (Wildman–Crippen MR) is 42.7 cm³/mol. The summed E-state index contributed by atoms with van der Waals surface area (Å²) in [6.07, 6.45) is 5.77. The third-order valence-electron chi connectivity index (χ3n) is 2.43. The molecule has 0 spiro atoms. The molecule has 0 heterocycles. The molecule has 1 unspecified atom stereocenters. The zero-order chi connectivity index (χ0) is 7.40. The fourth-order valence-electron chi connectivity index (χ4n) is 1.36. The quantitative estimate of drug-likeness (QED) is 0.545. The van der Waals surface area contributed by atoms with Crippen molar-refractivity contribution in [3.63, 3.8) is 0 Å². The molecular formula is C9H16O. The van der Waals surface area contributed by atoms with E-state index >= 15 is 0 Å². The van der Waals surface area contributed by atoms with Crippen LogP contribution >= 0.6 is 0 Å². The van der Waals surface area contributed by atoms with Gasteiger partial charge < -0.3 is 4.74 Å². The van der Waals surface area contributed by atoms with Crippen molar-refractivity contribution in [2.24, 2.45) is 11.8 Å². The Hall–Kier alpha value is -0.460. The summed E-state index contributed by atoms with van der Waals surface area (Å²) < 4.78 is 5.12. The Morgan fingerprint density at radius 1 is 1.70 bits per heavy atom. The first-order valence-electron chi connectivity index (χ1n) is 4.07. The van der Waals surface area contributed by atoms with E-state index in [9.17, 15) is 0 Å². The molecule has 58 valence electrons. The Balaban J connectivity index is 2.07. The smallest absolute Gasteiger partial charge is 0.0901 e. The Morgan fingerprint density at radius 3 is 2.80 bits per heavy atom. The van der Waals surface area contributed by atoms with Gasteiger partial charge in [-0.2, -0.15) is 0 Å². The van der Waals surface area contributed by atoms with Gasteiger partial charge in [-0.05, 0) is 11.8 Å². The van der Waals surface area contributed by atoms with Crippen LogP contribution < -0.4 is 0 Å². The summed E-state index contributed by atoms with van der Waals surface area (Å²) in [5.74, 6) is 1.66. The molecule has 10 heavy (non-hydrogen) atoms. The van der Waals surface area contributed by atoms with Gasteiger partial charge in [0.2, 0.25) is 0 Å². The molecule has 1 nitrogen and oxygen atoms in total. The van der Waals surface area contributed by atoms with E-state index in [0.717, 1.165) is 18.4 Å². The van der Waals surface area contributed by atoms with E-state index in [0.29, 0.717) is 0 Å². The van der Waals surface area contributed by atoms with Crippen LogP contribution in [0.15, 0.2) is 12.8 Å². The lowest BCUT2D eigenvalue weighted by Gasteiger charge is -2.30. The molecule has 0 aromatic rings. The summed E-state index contributed by atoms with van der Waals surface area (Å²) in [7, 11) is 0. The van der Waals surface area contributed by atoms with E-state index in [2.05, 4.69) is 13.5 Å². The molecular weight excluding hydrogens is 124 g/mol. The second-order valence-electron chi connectivity index (χ2n) is 3.17. The van der Waals surface area contributed by atoms with Gasteiger partial charge in [-0.25, -0.2) is 0 Å². The van der Waals surface area contributed by atoms with Gasteiger partial charge in [0.25, 0.3) is 0 Å².